The van der Waals surface area contributed by atoms with Crippen LogP contribution in [0, 0.1) is 0 Å². The van der Waals surface area contributed by atoms with Crippen molar-refractivity contribution in [2.75, 3.05) is 10.6 Å². The fraction of sp³-hybridized carbons (Fsp3) is 0.464. The van der Waals surface area contributed by atoms with Crippen LogP contribution < -0.4 is 10.6 Å². The summed E-state index contributed by atoms with van der Waals surface area (Å²) in [6, 6.07) is 11.4. The lowest BCUT2D eigenvalue weighted by Gasteiger charge is -2.19. The van der Waals surface area contributed by atoms with E-state index in [1.807, 2.05) is 59.7 Å². The molecule has 2 amide bonds. The number of nitrogens with one attached hydrogen (secondary N) is 2. The molecule has 0 heterocycles. The number of fused-ring (bicyclic) bond motifs is 2. The van der Waals surface area contributed by atoms with Crippen molar-refractivity contribution in [1.29, 1.82) is 0 Å². The van der Waals surface area contributed by atoms with Gasteiger partial charge in [0.25, 0.3) is 0 Å². The Morgan fingerprint density at radius 1 is 0.686 bits per heavy atom. The van der Waals surface area contributed by atoms with Crippen LogP contribution in [0.25, 0.3) is 0 Å². The molecule has 2 N–H and O–H groups in total. The molecule has 0 atom stereocenters. The van der Waals surface area contributed by atoms with Crippen LogP contribution >= 0.6 is 0 Å². The highest BCUT2D eigenvalue weighted by molar-refractivity contribution is 6.01. The van der Waals surface area contributed by atoms with Crippen molar-refractivity contribution in [2.45, 2.75) is 84.8 Å². The molecule has 188 valence electrons. The highest BCUT2D eigenvalue weighted by atomic mass is 16.6. The number of anilines is 2. The van der Waals surface area contributed by atoms with E-state index in [1.54, 1.807) is 12.1 Å². The lowest BCUT2D eigenvalue weighted by atomic mass is 10.1. The van der Waals surface area contributed by atoms with E-state index < -0.39 is 23.4 Å². The predicted molar refractivity (Wildman–Crippen MR) is 137 cm³/mol. The minimum atomic E-state index is -0.517. The molecule has 2 aromatic carbocycles. The molecule has 0 aromatic heterocycles. The average Bonchev–Trinajstić information content (AvgIpc) is 3.31. The van der Waals surface area contributed by atoms with Gasteiger partial charge in [0.1, 0.15) is 11.2 Å². The molecule has 2 aromatic rings. The van der Waals surface area contributed by atoms with E-state index in [0.29, 0.717) is 12.1 Å². The number of rotatable bonds is 2. The maximum absolute atomic E-state index is 11.6. The van der Waals surface area contributed by atoms with E-state index in [-0.39, 0.29) is 5.78 Å². The van der Waals surface area contributed by atoms with Crippen LogP contribution in [0.4, 0.5) is 21.0 Å². The molecule has 0 saturated carbocycles. The van der Waals surface area contributed by atoms with Gasteiger partial charge in [-0.15, -0.1) is 0 Å². The first-order valence-corrected chi connectivity index (χ1v) is 12.1. The van der Waals surface area contributed by atoms with Crippen LogP contribution in [0.1, 0.15) is 81.4 Å². The zero-order chi connectivity index (χ0) is 25.8. The third-order valence-electron chi connectivity index (χ3n) is 5.42. The van der Waals surface area contributed by atoms with Crippen LogP contribution in [0.5, 0.6) is 0 Å². The molecule has 0 spiro atoms. The number of hydrogen-bond acceptors (Lipinski definition) is 5. The van der Waals surface area contributed by atoms with Gasteiger partial charge in [-0.1, -0.05) is 6.07 Å². The summed E-state index contributed by atoms with van der Waals surface area (Å²) in [5.41, 5.74) is 5.02. The van der Waals surface area contributed by atoms with Crippen LogP contribution in [0.2, 0.25) is 0 Å². The van der Waals surface area contributed by atoms with Crippen molar-refractivity contribution in [3.63, 3.8) is 0 Å². The molecule has 0 unspecified atom stereocenters. The van der Waals surface area contributed by atoms with Gasteiger partial charge in [0.05, 0.1) is 0 Å². The van der Waals surface area contributed by atoms with Gasteiger partial charge in [-0.05, 0) is 114 Å². The minimum Gasteiger partial charge on any atom is -0.444 e. The fourth-order valence-electron chi connectivity index (χ4n) is 4.03. The quantitative estimate of drug-likeness (QED) is 0.500. The summed E-state index contributed by atoms with van der Waals surface area (Å²) in [6.07, 6.45) is 3.91. The van der Waals surface area contributed by atoms with E-state index in [9.17, 15) is 14.4 Å². The highest BCUT2D eigenvalue weighted by Crippen LogP contribution is 2.26. The summed E-state index contributed by atoms with van der Waals surface area (Å²) in [7, 11) is 0. The first kappa shape index (κ1) is 26.3. The molecule has 35 heavy (non-hydrogen) atoms. The summed E-state index contributed by atoms with van der Waals surface area (Å²) in [4.78, 5) is 34.7. The van der Waals surface area contributed by atoms with Crippen molar-refractivity contribution in [2.24, 2.45) is 0 Å². The van der Waals surface area contributed by atoms with Gasteiger partial charge in [0, 0.05) is 23.4 Å². The number of Topliss-reactive ketones (excluding diaryl/α,β-unsaturated/α-hetero) is 1. The van der Waals surface area contributed by atoms with Gasteiger partial charge < -0.3 is 9.47 Å². The van der Waals surface area contributed by atoms with Crippen molar-refractivity contribution in [3.8, 4) is 0 Å². The average molecular weight is 481 g/mol. The Bertz CT molecular complexity index is 1110. The van der Waals surface area contributed by atoms with E-state index in [2.05, 4.69) is 16.7 Å². The first-order valence-electron chi connectivity index (χ1n) is 12.1. The molecule has 0 saturated heterocycles. The molecule has 0 bridgehead atoms. The van der Waals surface area contributed by atoms with Crippen molar-refractivity contribution < 1.29 is 23.9 Å². The number of benzene rings is 2. The Labute approximate surface area is 207 Å². The van der Waals surface area contributed by atoms with E-state index in [4.69, 9.17) is 9.47 Å². The van der Waals surface area contributed by atoms with Gasteiger partial charge in [-0.3, -0.25) is 15.4 Å². The minimum absolute atomic E-state index is 0.175. The second kappa shape index (κ2) is 10.5. The molecular weight excluding hydrogens is 444 g/mol. The Balaban J connectivity index is 0.000000196. The second-order valence-electron chi connectivity index (χ2n) is 10.9. The van der Waals surface area contributed by atoms with Crippen LogP contribution in [0.3, 0.4) is 0 Å². The number of amides is 2. The third kappa shape index (κ3) is 8.12. The van der Waals surface area contributed by atoms with Crippen molar-refractivity contribution in [1.82, 2.24) is 0 Å². The Morgan fingerprint density at radius 3 is 1.77 bits per heavy atom. The fourth-order valence-corrected chi connectivity index (χ4v) is 4.03. The van der Waals surface area contributed by atoms with Gasteiger partial charge in [0.15, 0.2) is 5.78 Å². The monoisotopic (exact) mass is 480 g/mol. The van der Waals surface area contributed by atoms with Gasteiger partial charge in [-0.25, -0.2) is 9.59 Å². The number of aryl methyl sites for hydroxylation is 3. The molecule has 2 aliphatic carbocycles. The number of carbonyl (C=O) groups excluding carboxylic acids is 3. The topological polar surface area (TPSA) is 93.7 Å². The van der Waals surface area contributed by atoms with E-state index in [0.717, 1.165) is 36.1 Å². The second-order valence-corrected chi connectivity index (χ2v) is 10.9. The molecule has 2 aliphatic rings. The Morgan fingerprint density at radius 2 is 1.20 bits per heavy atom. The van der Waals surface area contributed by atoms with Gasteiger partial charge in [0.2, 0.25) is 0 Å². The highest BCUT2D eigenvalue weighted by Gasteiger charge is 2.21. The first-order chi connectivity index (χ1) is 16.3. The molecule has 7 nitrogen and oxygen atoms in total. The summed E-state index contributed by atoms with van der Waals surface area (Å²) < 4.78 is 10.4. The van der Waals surface area contributed by atoms with Crippen LogP contribution in [0.15, 0.2) is 36.4 Å². The summed E-state index contributed by atoms with van der Waals surface area (Å²) >= 11 is 0. The van der Waals surface area contributed by atoms with E-state index in [1.165, 1.54) is 17.5 Å². The molecule has 4 rings (SSSR count). The predicted octanol–water partition coefficient (Wildman–Crippen LogP) is 6.68. The molecule has 0 fully saturated rings. The number of ketones is 1. The standard InChI is InChI=1S/C14H17NO3.C14H19NO2/c1-14(2,3)18-13(17)15-10-5-6-11-9(8-10)4-7-12(11)16;1-14(2,3)17-13(16)15-12-8-7-10-5-4-6-11(10)9-12/h5-6,8H,4,7H2,1-3H3,(H,15,17);7-9H,4-6H2,1-3H3,(H,15,16). The molecule has 0 aliphatic heterocycles. The summed E-state index contributed by atoms with van der Waals surface area (Å²) in [5.74, 6) is 0.175. The van der Waals surface area contributed by atoms with Crippen molar-refractivity contribution >= 4 is 29.3 Å². The third-order valence-corrected chi connectivity index (χ3v) is 5.42. The zero-order valence-corrected chi connectivity index (χ0v) is 21.5. The maximum Gasteiger partial charge on any atom is 0.412 e. The lowest BCUT2D eigenvalue weighted by Crippen LogP contribution is -2.27. The SMILES string of the molecule is CC(C)(C)OC(=O)Nc1ccc2c(c1)CCC2.CC(C)(C)OC(=O)Nc1ccc2c(c1)CCC2=O. The zero-order valence-electron chi connectivity index (χ0n) is 21.5. The normalized spacial score (nSPS) is 14.3. The van der Waals surface area contributed by atoms with Crippen molar-refractivity contribution in [3.05, 3.63) is 58.7 Å². The van der Waals surface area contributed by atoms with E-state index >= 15 is 0 Å². The van der Waals surface area contributed by atoms with Gasteiger partial charge in [-0.2, -0.15) is 0 Å². The smallest absolute Gasteiger partial charge is 0.412 e. The summed E-state index contributed by atoms with van der Waals surface area (Å²) in [5, 5.41) is 5.44. The Kier molecular flexibility index (Phi) is 7.88. The molecule has 0 radical (unpaired) electrons. The lowest BCUT2D eigenvalue weighted by molar-refractivity contribution is 0.0624. The largest absolute Gasteiger partial charge is 0.444 e. The number of hydrogen-bond donors (Lipinski definition) is 2. The van der Waals surface area contributed by atoms with Crippen LogP contribution in [-0.4, -0.2) is 29.2 Å². The summed E-state index contributed by atoms with van der Waals surface area (Å²) in [6.45, 7) is 11.0. The molecule has 7 heteroatoms. The Hall–Kier alpha value is -3.35. The maximum atomic E-state index is 11.6. The number of ether oxygens (including phenoxy) is 2. The van der Waals surface area contributed by atoms with Crippen LogP contribution in [-0.2, 0) is 28.7 Å². The van der Waals surface area contributed by atoms with Gasteiger partial charge >= 0.3 is 12.2 Å². The number of carbonyl (C=O) groups is 3. The molecular formula is C28H36N2O5.